The third-order valence-corrected chi connectivity index (χ3v) is 5.39. The molecule has 0 saturated carbocycles. The van der Waals surface area contributed by atoms with Crippen LogP contribution in [0.2, 0.25) is 0 Å². The van der Waals surface area contributed by atoms with E-state index in [0.717, 1.165) is 22.6 Å². The Morgan fingerprint density at radius 3 is 2.53 bits per heavy atom. The predicted molar refractivity (Wildman–Crippen MR) is 116 cm³/mol. The molecule has 0 N–H and O–H groups in total. The number of nitrogens with zero attached hydrogens (tertiary/aromatic N) is 2. The van der Waals surface area contributed by atoms with E-state index in [1.165, 1.54) is 0 Å². The average molecular weight is 408 g/mol. The van der Waals surface area contributed by atoms with Crippen LogP contribution >= 0.6 is 0 Å². The van der Waals surface area contributed by atoms with Gasteiger partial charge in [-0.3, -0.25) is 4.79 Å². The summed E-state index contributed by atoms with van der Waals surface area (Å²) < 4.78 is 11.3. The van der Waals surface area contributed by atoms with Crippen LogP contribution in [0.4, 0.5) is 10.5 Å². The molecule has 6 nitrogen and oxygen atoms in total. The Morgan fingerprint density at radius 1 is 1.03 bits per heavy atom. The van der Waals surface area contributed by atoms with Crippen molar-refractivity contribution in [2.24, 2.45) is 5.92 Å². The number of ether oxygens (including phenoxy) is 2. The lowest BCUT2D eigenvalue weighted by Gasteiger charge is -2.32. The molecule has 0 spiro atoms. The number of amides is 2. The molecule has 1 fully saturated rings. The molecule has 158 valence electrons. The van der Waals surface area contributed by atoms with Crippen molar-refractivity contribution in [2.75, 3.05) is 31.1 Å². The molecular weight excluding hydrogens is 380 g/mol. The van der Waals surface area contributed by atoms with E-state index in [-0.39, 0.29) is 17.9 Å². The quantitative estimate of drug-likeness (QED) is 0.742. The molecule has 0 aliphatic carbocycles. The van der Waals surface area contributed by atoms with Gasteiger partial charge in [-0.1, -0.05) is 36.4 Å². The summed E-state index contributed by atoms with van der Waals surface area (Å²) in [7, 11) is 0. The zero-order valence-electron chi connectivity index (χ0n) is 17.8. The van der Waals surface area contributed by atoms with Crippen molar-refractivity contribution >= 4 is 17.7 Å². The Morgan fingerprint density at radius 2 is 1.80 bits per heavy atom. The highest BCUT2D eigenvalue weighted by molar-refractivity contribution is 5.98. The van der Waals surface area contributed by atoms with Crippen molar-refractivity contribution in [2.45, 2.75) is 32.8 Å². The Labute approximate surface area is 177 Å². The maximum Gasteiger partial charge on any atom is 0.410 e. The number of benzene rings is 2. The standard InChI is InChI=1S/C24H28N2O4/c1-24(2,3)30-23(28)25-12-11-19(16-25)22(27)26-13-14-29-21-15-18(9-10-20(21)26)17-7-5-4-6-8-17/h4-10,15,19H,11-14,16H2,1-3H3/t19-/m1/s1. The van der Waals surface area contributed by atoms with Crippen LogP contribution in [0.5, 0.6) is 5.75 Å². The number of fused-ring (bicyclic) bond motifs is 1. The topological polar surface area (TPSA) is 59.1 Å². The van der Waals surface area contributed by atoms with Gasteiger partial charge in [0.05, 0.1) is 18.2 Å². The molecule has 0 unspecified atom stereocenters. The number of hydrogen-bond donors (Lipinski definition) is 0. The van der Waals surface area contributed by atoms with Crippen LogP contribution in [0.25, 0.3) is 11.1 Å². The lowest BCUT2D eigenvalue weighted by atomic mass is 10.0. The van der Waals surface area contributed by atoms with E-state index in [1.54, 1.807) is 9.80 Å². The van der Waals surface area contributed by atoms with Crippen molar-refractivity contribution < 1.29 is 19.1 Å². The third-order valence-electron chi connectivity index (χ3n) is 5.39. The number of rotatable bonds is 2. The molecule has 0 radical (unpaired) electrons. The molecule has 2 amide bonds. The second kappa shape index (κ2) is 8.01. The van der Waals surface area contributed by atoms with Gasteiger partial charge in [-0.25, -0.2) is 4.79 Å². The summed E-state index contributed by atoms with van der Waals surface area (Å²) >= 11 is 0. The van der Waals surface area contributed by atoms with Gasteiger partial charge in [0.2, 0.25) is 5.91 Å². The van der Waals surface area contributed by atoms with Crippen LogP contribution < -0.4 is 9.64 Å². The zero-order chi connectivity index (χ0) is 21.3. The first-order valence-corrected chi connectivity index (χ1v) is 10.4. The first kappa shape index (κ1) is 20.3. The highest BCUT2D eigenvalue weighted by Gasteiger charge is 2.37. The van der Waals surface area contributed by atoms with Crippen LogP contribution in [-0.2, 0) is 9.53 Å². The van der Waals surface area contributed by atoms with Gasteiger partial charge >= 0.3 is 6.09 Å². The van der Waals surface area contributed by atoms with Gasteiger partial charge < -0.3 is 19.3 Å². The molecule has 2 aromatic carbocycles. The van der Waals surface area contributed by atoms with E-state index in [4.69, 9.17) is 9.47 Å². The van der Waals surface area contributed by atoms with Crippen molar-refractivity contribution in [3.63, 3.8) is 0 Å². The first-order chi connectivity index (χ1) is 14.3. The molecule has 4 rings (SSSR count). The number of anilines is 1. The fraction of sp³-hybridized carbons (Fsp3) is 0.417. The summed E-state index contributed by atoms with van der Waals surface area (Å²) in [5.74, 6) is 0.535. The normalized spacial score (nSPS) is 18.6. The molecule has 30 heavy (non-hydrogen) atoms. The van der Waals surface area contributed by atoms with Crippen LogP contribution in [0, 0.1) is 5.92 Å². The molecule has 2 aliphatic heterocycles. The van der Waals surface area contributed by atoms with Gasteiger partial charge in [0.1, 0.15) is 18.0 Å². The summed E-state index contributed by atoms with van der Waals surface area (Å²) in [6, 6.07) is 16.1. The van der Waals surface area contributed by atoms with Crippen molar-refractivity contribution in [3.8, 4) is 16.9 Å². The fourth-order valence-electron chi connectivity index (χ4n) is 3.93. The molecule has 1 saturated heterocycles. The van der Waals surface area contributed by atoms with Crippen LogP contribution in [0.3, 0.4) is 0 Å². The minimum absolute atomic E-state index is 0.0399. The summed E-state index contributed by atoms with van der Waals surface area (Å²) in [5.41, 5.74) is 2.41. The average Bonchev–Trinajstić information content (AvgIpc) is 3.22. The van der Waals surface area contributed by atoms with Gasteiger partial charge in [-0.05, 0) is 50.5 Å². The van der Waals surface area contributed by atoms with Gasteiger partial charge in [-0.15, -0.1) is 0 Å². The van der Waals surface area contributed by atoms with Crippen LogP contribution in [0.1, 0.15) is 27.2 Å². The SMILES string of the molecule is CC(C)(C)OC(=O)N1CC[C@@H](C(=O)N2CCOc3cc(-c4ccccc4)ccc32)C1. The van der Waals surface area contributed by atoms with E-state index < -0.39 is 5.60 Å². The maximum absolute atomic E-state index is 13.3. The lowest BCUT2D eigenvalue weighted by Crippen LogP contribution is -2.43. The first-order valence-electron chi connectivity index (χ1n) is 10.4. The largest absolute Gasteiger partial charge is 0.490 e. The van der Waals surface area contributed by atoms with Gasteiger partial charge in [0, 0.05) is 13.1 Å². The number of hydrogen-bond acceptors (Lipinski definition) is 4. The number of likely N-dealkylation sites (tertiary alicyclic amines) is 1. The third kappa shape index (κ3) is 4.27. The monoisotopic (exact) mass is 408 g/mol. The summed E-state index contributed by atoms with van der Waals surface area (Å²) in [6.45, 7) is 7.44. The minimum atomic E-state index is -0.543. The van der Waals surface area contributed by atoms with E-state index >= 15 is 0 Å². The molecule has 6 heteroatoms. The van der Waals surface area contributed by atoms with Crippen LogP contribution in [-0.4, -0.2) is 48.7 Å². The van der Waals surface area contributed by atoms with E-state index in [9.17, 15) is 9.59 Å². The second-order valence-electron chi connectivity index (χ2n) is 8.80. The Hall–Kier alpha value is -3.02. The molecule has 2 aliphatic rings. The Kier molecular flexibility index (Phi) is 5.41. The van der Waals surface area contributed by atoms with E-state index in [0.29, 0.717) is 32.7 Å². The minimum Gasteiger partial charge on any atom is -0.490 e. The van der Waals surface area contributed by atoms with Gasteiger partial charge in [0.25, 0.3) is 0 Å². The molecule has 1 atom stereocenters. The smallest absolute Gasteiger partial charge is 0.410 e. The fourth-order valence-corrected chi connectivity index (χ4v) is 3.93. The van der Waals surface area contributed by atoms with Crippen molar-refractivity contribution in [3.05, 3.63) is 48.5 Å². The maximum atomic E-state index is 13.3. The number of carbonyl (C=O) groups excluding carboxylic acids is 2. The van der Waals surface area contributed by atoms with Crippen molar-refractivity contribution in [1.82, 2.24) is 4.90 Å². The highest BCUT2D eigenvalue weighted by atomic mass is 16.6. The Balaban J connectivity index is 1.48. The molecular formula is C24H28N2O4. The van der Waals surface area contributed by atoms with E-state index in [1.807, 2.05) is 57.2 Å². The number of carbonyl (C=O) groups is 2. The molecule has 0 aromatic heterocycles. The summed E-state index contributed by atoms with van der Waals surface area (Å²) in [4.78, 5) is 29.0. The summed E-state index contributed by atoms with van der Waals surface area (Å²) in [5, 5.41) is 0. The van der Waals surface area contributed by atoms with Crippen molar-refractivity contribution in [1.29, 1.82) is 0 Å². The molecule has 0 bridgehead atoms. The second-order valence-corrected chi connectivity index (χ2v) is 8.80. The highest BCUT2D eigenvalue weighted by Crippen LogP contribution is 2.37. The van der Waals surface area contributed by atoms with Crippen LogP contribution in [0.15, 0.2) is 48.5 Å². The molecule has 2 heterocycles. The Bertz CT molecular complexity index is 936. The summed E-state index contributed by atoms with van der Waals surface area (Å²) in [6.07, 6.45) is 0.292. The molecule has 2 aromatic rings. The predicted octanol–water partition coefficient (Wildman–Crippen LogP) is 4.34. The van der Waals surface area contributed by atoms with E-state index in [2.05, 4.69) is 12.1 Å². The van der Waals surface area contributed by atoms with Gasteiger partial charge in [-0.2, -0.15) is 0 Å². The zero-order valence-corrected chi connectivity index (χ0v) is 17.8. The van der Waals surface area contributed by atoms with Gasteiger partial charge in [0.15, 0.2) is 0 Å². The lowest BCUT2D eigenvalue weighted by molar-refractivity contribution is -0.122.